The third kappa shape index (κ3) is 10.1. The van der Waals surface area contributed by atoms with Crippen LogP contribution in [0.15, 0.2) is 95.7 Å². The van der Waals surface area contributed by atoms with Crippen LogP contribution in [0.1, 0.15) is 80.3 Å². The number of hydrogen-bond donors (Lipinski definition) is 3. The van der Waals surface area contributed by atoms with E-state index in [1.807, 2.05) is 43.3 Å². The lowest BCUT2D eigenvalue weighted by atomic mass is 9.72. The quantitative estimate of drug-likeness (QED) is 0.106. The molecule has 0 bridgehead atoms. The van der Waals surface area contributed by atoms with E-state index >= 15 is 0 Å². The minimum atomic E-state index is -4.23. The molecule has 1 aromatic heterocycles. The number of benzene rings is 4. The Kier molecular flexibility index (Phi) is 12.8. The van der Waals surface area contributed by atoms with E-state index in [-0.39, 0.29) is 21.6 Å². The van der Waals surface area contributed by atoms with Crippen molar-refractivity contribution in [3.8, 4) is 11.5 Å². The van der Waals surface area contributed by atoms with Crippen LogP contribution < -0.4 is 19.7 Å². The summed E-state index contributed by atoms with van der Waals surface area (Å²) in [6.07, 6.45) is 9.49. The first-order chi connectivity index (χ1) is 29.3. The van der Waals surface area contributed by atoms with Crippen molar-refractivity contribution in [2.45, 2.75) is 76.7 Å². The van der Waals surface area contributed by atoms with E-state index in [2.05, 4.69) is 55.8 Å². The second-order valence-electron chi connectivity index (χ2n) is 17.7. The van der Waals surface area contributed by atoms with Gasteiger partial charge in [0.05, 0.1) is 28.4 Å². The molecule has 0 unspecified atom stereocenters. The molecular formula is C48H57ClN6O5S. The Bertz CT molecular complexity index is 2500. The molecular weight excluding hydrogens is 808 g/mol. The zero-order valence-electron chi connectivity index (χ0n) is 35.6. The summed E-state index contributed by atoms with van der Waals surface area (Å²) < 4.78 is 41.8. The van der Waals surface area contributed by atoms with Crippen LogP contribution in [0.5, 0.6) is 11.5 Å². The summed E-state index contributed by atoms with van der Waals surface area (Å²) in [5, 5.41) is 4.26. The van der Waals surface area contributed by atoms with E-state index in [1.165, 1.54) is 22.8 Å². The van der Waals surface area contributed by atoms with Crippen LogP contribution in [0.2, 0.25) is 5.02 Å². The second kappa shape index (κ2) is 18.2. The van der Waals surface area contributed by atoms with Crippen LogP contribution in [-0.4, -0.2) is 81.7 Å². The standard InChI is InChI=1S/C48H57ClN6O5S/c1-32-26-39(17-19-42(32)50-29-33-8-15-38(59-4)16-9-33)61(57,58)53-47(56)40-18-14-37(27-45(40)60-44-7-5-6-43-46(44)52-31-51-43)55-24-22-54(23-25-55)30-35-20-21-48(2,3)28-41(35)34-10-12-36(49)13-11-34/h5-7,10-14,17-19,26-27,31,33,38,50H,8-9,15-16,20-25,28-30H2,1-4H3,(H,51,52)(H,53,56)/t33-,38-. The smallest absolute Gasteiger partial charge is 0.268 e. The SMILES string of the molecule is CO[C@H]1CC[C@H](CNc2ccc(S(=O)(=O)NC(=O)c3ccc(N4CCN(CC5=C(c6ccc(Cl)cc6)CC(C)(C)CC5)CC4)cc3Oc3cccc4[nH]cnc34)cc2C)CC1. The summed E-state index contributed by atoms with van der Waals surface area (Å²) in [5.41, 5.74) is 8.46. The highest BCUT2D eigenvalue weighted by atomic mass is 35.5. The van der Waals surface area contributed by atoms with Crippen molar-refractivity contribution in [2.75, 3.05) is 56.6 Å². The maximum absolute atomic E-state index is 14.0. The monoisotopic (exact) mass is 864 g/mol. The fraction of sp³-hybridized carbons (Fsp3) is 0.417. The van der Waals surface area contributed by atoms with Gasteiger partial charge in [0.25, 0.3) is 15.9 Å². The number of anilines is 2. The first kappa shape index (κ1) is 42.8. The molecule has 61 heavy (non-hydrogen) atoms. The Hall–Kier alpha value is -4.88. The molecule has 2 heterocycles. The average molecular weight is 866 g/mol. The van der Waals surface area contributed by atoms with E-state index in [1.54, 1.807) is 37.7 Å². The van der Waals surface area contributed by atoms with Gasteiger partial charge in [-0.3, -0.25) is 9.69 Å². The molecule has 5 aromatic rings. The number of para-hydroxylation sites is 1. The Balaban J connectivity index is 0.978. The van der Waals surface area contributed by atoms with Crippen LogP contribution in [0.3, 0.4) is 0 Å². The summed E-state index contributed by atoms with van der Waals surface area (Å²) in [6.45, 7) is 11.6. The lowest BCUT2D eigenvalue weighted by molar-refractivity contribution is 0.0585. The number of allylic oxidation sites excluding steroid dienone is 1. The van der Waals surface area contributed by atoms with Gasteiger partial charge in [0.2, 0.25) is 0 Å². The molecule has 13 heteroatoms. The maximum Gasteiger partial charge on any atom is 0.268 e. The van der Waals surface area contributed by atoms with Crippen LogP contribution in [0.25, 0.3) is 16.6 Å². The number of hydrogen-bond acceptors (Lipinski definition) is 9. The predicted molar refractivity (Wildman–Crippen MR) is 244 cm³/mol. The molecule has 1 aliphatic heterocycles. The van der Waals surface area contributed by atoms with Gasteiger partial charge in [0.15, 0.2) is 5.75 Å². The molecule has 0 atom stereocenters. The maximum atomic E-state index is 14.0. The number of H-pyrrole nitrogens is 1. The van der Waals surface area contributed by atoms with Gasteiger partial charge >= 0.3 is 0 Å². The van der Waals surface area contributed by atoms with Crippen LogP contribution >= 0.6 is 11.6 Å². The number of halogens is 1. The number of fused-ring (bicyclic) bond motifs is 1. The van der Waals surface area contributed by atoms with Crippen molar-refractivity contribution < 1.29 is 22.7 Å². The highest BCUT2D eigenvalue weighted by Gasteiger charge is 2.30. The van der Waals surface area contributed by atoms with E-state index < -0.39 is 15.9 Å². The van der Waals surface area contributed by atoms with Gasteiger partial charge in [-0.2, -0.15) is 0 Å². The molecule has 8 rings (SSSR count). The molecule has 322 valence electrons. The molecule has 0 radical (unpaired) electrons. The van der Waals surface area contributed by atoms with Crippen molar-refractivity contribution >= 4 is 55.5 Å². The minimum Gasteiger partial charge on any atom is -0.454 e. The Labute approximate surface area is 364 Å². The third-order valence-electron chi connectivity index (χ3n) is 12.8. The highest BCUT2D eigenvalue weighted by molar-refractivity contribution is 7.90. The number of carbonyl (C=O) groups is 1. The molecule has 2 aliphatic carbocycles. The van der Waals surface area contributed by atoms with E-state index in [0.717, 1.165) is 112 Å². The Morgan fingerprint density at radius 2 is 1.72 bits per heavy atom. The molecule has 1 saturated carbocycles. The minimum absolute atomic E-state index is 0.00995. The van der Waals surface area contributed by atoms with Crippen LogP contribution in [-0.2, 0) is 14.8 Å². The fourth-order valence-electron chi connectivity index (χ4n) is 9.08. The van der Waals surface area contributed by atoms with E-state index in [0.29, 0.717) is 23.3 Å². The van der Waals surface area contributed by atoms with Crippen molar-refractivity contribution in [2.24, 2.45) is 11.3 Å². The van der Waals surface area contributed by atoms with E-state index in [4.69, 9.17) is 21.1 Å². The topological polar surface area (TPSA) is 129 Å². The number of rotatable bonds is 13. The number of aromatic nitrogens is 2. The second-order valence-corrected chi connectivity index (χ2v) is 19.8. The van der Waals surface area contributed by atoms with Crippen molar-refractivity contribution in [3.05, 3.63) is 112 Å². The summed E-state index contributed by atoms with van der Waals surface area (Å²) in [5.74, 6) is 0.435. The molecule has 3 N–H and O–H groups in total. The number of piperazine rings is 1. The van der Waals surface area contributed by atoms with Crippen molar-refractivity contribution in [1.82, 2.24) is 19.6 Å². The number of ether oxygens (including phenoxy) is 2. The van der Waals surface area contributed by atoms with Gasteiger partial charge in [0, 0.05) is 68.8 Å². The van der Waals surface area contributed by atoms with Gasteiger partial charge in [-0.15, -0.1) is 0 Å². The Morgan fingerprint density at radius 1 is 0.951 bits per heavy atom. The number of nitrogens with one attached hydrogen (secondary N) is 3. The molecule has 1 saturated heterocycles. The first-order valence-corrected chi connectivity index (χ1v) is 23.3. The molecule has 11 nitrogen and oxygen atoms in total. The fourth-order valence-corrected chi connectivity index (χ4v) is 10.3. The number of methoxy groups -OCH3 is 1. The van der Waals surface area contributed by atoms with Crippen molar-refractivity contribution in [1.29, 1.82) is 0 Å². The number of imidazole rings is 1. The number of nitrogens with zero attached hydrogens (tertiary/aromatic N) is 3. The number of aryl methyl sites for hydroxylation is 1. The van der Waals surface area contributed by atoms with Gasteiger partial charge in [-0.05, 0) is 134 Å². The zero-order chi connectivity index (χ0) is 42.7. The zero-order valence-corrected chi connectivity index (χ0v) is 37.2. The molecule has 3 aliphatic rings. The van der Waals surface area contributed by atoms with Crippen LogP contribution in [0.4, 0.5) is 11.4 Å². The van der Waals surface area contributed by atoms with Crippen molar-refractivity contribution in [3.63, 3.8) is 0 Å². The van der Waals surface area contributed by atoms with Gasteiger partial charge in [-0.25, -0.2) is 18.1 Å². The number of amides is 1. The summed E-state index contributed by atoms with van der Waals surface area (Å²) in [4.78, 5) is 26.4. The lowest BCUT2D eigenvalue weighted by Gasteiger charge is -2.39. The predicted octanol–water partition coefficient (Wildman–Crippen LogP) is 9.84. The van der Waals surface area contributed by atoms with Crippen LogP contribution in [0, 0.1) is 18.3 Å². The largest absolute Gasteiger partial charge is 0.454 e. The Morgan fingerprint density at radius 3 is 2.46 bits per heavy atom. The lowest BCUT2D eigenvalue weighted by Crippen LogP contribution is -2.47. The molecule has 2 fully saturated rings. The third-order valence-corrected chi connectivity index (χ3v) is 14.4. The summed E-state index contributed by atoms with van der Waals surface area (Å²) in [7, 11) is -2.45. The van der Waals surface area contributed by atoms with E-state index in [9.17, 15) is 13.2 Å². The molecule has 1 amide bonds. The normalized spacial score (nSPS) is 19.9. The number of aromatic amines is 1. The number of sulfonamides is 1. The first-order valence-electron chi connectivity index (χ1n) is 21.5. The average Bonchev–Trinajstić information content (AvgIpc) is 3.75. The molecule has 0 spiro atoms. The molecule has 4 aromatic carbocycles. The van der Waals surface area contributed by atoms with Gasteiger partial charge in [0.1, 0.15) is 11.3 Å². The summed E-state index contributed by atoms with van der Waals surface area (Å²) in [6, 6.07) is 24.0. The number of carbonyl (C=O) groups excluding carboxylic acids is 1. The van der Waals surface area contributed by atoms with Gasteiger partial charge < -0.3 is 24.7 Å². The van der Waals surface area contributed by atoms with Gasteiger partial charge in [-0.1, -0.05) is 49.2 Å². The summed E-state index contributed by atoms with van der Waals surface area (Å²) >= 11 is 6.26. The highest BCUT2D eigenvalue weighted by Crippen LogP contribution is 2.43.